The van der Waals surface area contributed by atoms with Crippen LogP contribution in [-0.4, -0.2) is 41.6 Å². The van der Waals surface area contributed by atoms with E-state index in [2.05, 4.69) is 75.2 Å². The molecule has 0 spiro atoms. The number of aromatic nitrogens is 3. The van der Waals surface area contributed by atoms with E-state index in [4.69, 9.17) is 0 Å². The zero-order chi connectivity index (χ0) is 20.6. The fraction of sp³-hybridized carbons (Fsp3) is 0.348. The van der Waals surface area contributed by atoms with Gasteiger partial charge in [-0.15, -0.1) is 0 Å². The van der Waals surface area contributed by atoms with Crippen LogP contribution in [0.4, 0.5) is 23.0 Å². The summed E-state index contributed by atoms with van der Waals surface area (Å²) < 4.78 is 0. The van der Waals surface area contributed by atoms with Crippen LogP contribution in [0, 0.1) is 6.92 Å². The Morgan fingerprint density at radius 1 is 0.931 bits per heavy atom. The molecule has 0 aliphatic carbocycles. The minimum Gasteiger partial charge on any atom is -0.372 e. The van der Waals surface area contributed by atoms with E-state index in [1.165, 1.54) is 11.3 Å². The summed E-state index contributed by atoms with van der Waals surface area (Å²) in [6.45, 7) is 9.15. The molecule has 0 saturated heterocycles. The minimum absolute atomic E-state index is 0.750. The summed E-state index contributed by atoms with van der Waals surface area (Å²) >= 11 is 0. The Hall–Kier alpha value is -3.15. The largest absolute Gasteiger partial charge is 0.372 e. The highest BCUT2D eigenvalue weighted by atomic mass is 15.2. The van der Waals surface area contributed by atoms with E-state index >= 15 is 0 Å². The fourth-order valence-corrected chi connectivity index (χ4v) is 3.26. The van der Waals surface area contributed by atoms with Gasteiger partial charge in [0.1, 0.15) is 17.5 Å². The van der Waals surface area contributed by atoms with Gasteiger partial charge in [-0.3, -0.25) is 4.98 Å². The number of hydrogen-bond donors (Lipinski definition) is 1. The molecule has 0 fully saturated rings. The molecular formula is C23H30N6. The zero-order valence-corrected chi connectivity index (χ0v) is 17.8. The smallest absolute Gasteiger partial charge is 0.136 e. The summed E-state index contributed by atoms with van der Waals surface area (Å²) in [6, 6.07) is 14.6. The van der Waals surface area contributed by atoms with Gasteiger partial charge in [-0.1, -0.05) is 0 Å². The number of hydrogen-bond acceptors (Lipinski definition) is 6. The van der Waals surface area contributed by atoms with Crippen LogP contribution in [0.2, 0.25) is 0 Å². The van der Waals surface area contributed by atoms with Crippen molar-refractivity contribution < 1.29 is 0 Å². The molecule has 2 heterocycles. The Kier molecular flexibility index (Phi) is 7.00. The van der Waals surface area contributed by atoms with E-state index in [1.54, 1.807) is 0 Å². The Labute approximate surface area is 173 Å². The van der Waals surface area contributed by atoms with E-state index in [0.29, 0.717) is 0 Å². The number of nitrogens with zero attached hydrogens (tertiary/aromatic N) is 5. The molecule has 0 aliphatic heterocycles. The first-order chi connectivity index (χ1) is 14.1. The summed E-state index contributed by atoms with van der Waals surface area (Å²) in [4.78, 5) is 17.7. The van der Waals surface area contributed by atoms with Crippen molar-refractivity contribution in [2.24, 2.45) is 0 Å². The number of likely N-dealkylation sites (N-methyl/N-ethyl adjacent to an activating group) is 1. The van der Waals surface area contributed by atoms with Gasteiger partial charge in [-0.25, -0.2) is 9.97 Å². The van der Waals surface area contributed by atoms with Gasteiger partial charge in [-0.2, -0.15) is 0 Å². The van der Waals surface area contributed by atoms with Gasteiger partial charge in [0.05, 0.1) is 0 Å². The quantitative estimate of drug-likeness (QED) is 0.583. The summed E-state index contributed by atoms with van der Waals surface area (Å²) in [6.07, 6.45) is 4.60. The van der Waals surface area contributed by atoms with E-state index in [9.17, 15) is 0 Å². The first-order valence-corrected chi connectivity index (χ1v) is 10.2. The van der Waals surface area contributed by atoms with Crippen LogP contribution in [-0.2, 0) is 6.42 Å². The molecule has 1 N–H and O–H groups in total. The average molecular weight is 391 g/mol. The maximum Gasteiger partial charge on any atom is 0.136 e. The molecule has 29 heavy (non-hydrogen) atoms. The van der Waals surface area contributed by atoms with Gasteiger partial charge in [0, 0.05) is 56.5 Å². The van der Waals surface area contributed by atoms with Crippen LogP contribution < -0.4 is 15.1 Å². The topological polar surface area (TPSA) is 57.2 Å². The van der Waals surface area contributed by atoms with E-state index in [-0.39, 0.29) is 0 Å². The van der Waals surface area contributed by atoms with Crippen molar-refractivity contribution in [2.75, 3.05) is 41.8 Å². The summed E-state index contributed by atoms with van der Waals surface area (Å²) in [7, 11) is 2.06. The van der Waals surface area contributed by atoms with E-state index in [0.717, 1.165) is 49.2 Å². The third kappa shape index (κ3) is 5.67. The lowest BCUT2D eigenvalue weighted by atomic mass is 10.2. The monoisotopic (exact) mass is 390 g/mol. The Bertz CT molecular complexity index is 891. The minimum atomic E-state index is 0.750. The molecule has 0 bridgehead atoms. The number of nitrogens with one attached hydrogen (secondary N) is 1. The third-order valence-corrected chi connectivity index (χ3v) is 4.97. The van der Waals surface area contributed by atoms with Crippen molar-refractivity contribution in [3.63, 3.8) is 0 Å². The molecule has 0 unspecified atom stereocenters. The second-order valence-corrected chi connectivity index (χ2v) is 7.03. The summed E-state index contributed by atoms with van der Waals surface area (Å²) in [5, 5.41) is 3.41. The average Bonchev–Trinajstić information content (AvgIpc) is 2.74. The molecule has 1 aromatic carbocycles. The van der Waals surface area contributed by atoms with Crippen molar-refractivity contribution in [3.05, 3.63) is 66.2 Å². The highest BCUT2D eigenvalue weighted by Crippen LogP contribution is 2.22. The maximum absolute atomic E-state index is 4.60. The van der Waals surface area contributed by atoms with Crippen LogP contribution in [0.15, 0.2) is 54.9 Å². The number of aryl methyl sites for hydroxylation is 1. The molecule has 0 aliphatic rings. The van der Waals surface area contributed by atoms with Gasteiger partial charge in [0.2, 0.25) is 0 Å². The second-order valence-electron chi connectivity index (χ2n) is 7.03. The highest BCUT2D eigenvalue weighted by Gasteiger charge is 2.08. The molecule has 0 radical (unpaired) electrons. The standard InChI is InChI=1S/C23H30N6/c1-5-29(6-2)21-9-7-20(8-10-21)27-22-17-23(26-18(3)25-22)28(4)16-13-19-11-14-24-15-12-19/h7-12,14-15,17H,5-6,13,16H2,1-4H3,(H,25,26,27). The van der Waals surface area contributed by atoms with Crippen molar-refractivity contribution in [1.29, 1.82) is 0 Å². The van der Waals surface area contributed by atoms with Gasteiger partial charge < -0.3 is 15.1 Å². The van der Waals surface area contributed by atoms with E-state index < -0.39 is 0 Å². The lowest BCUT2D eigenvalue weighted by Gasteiger charge is -2.21. The third-order valence-electron chi connectivity index (χ3n) is 4.97. The van der Waals surface area contributed by atoms with Gasteiger partial charge >= 0.3 is 0 Å². The SMILES string of the molecule is CCN(CC)c1ccc(Nc2cc(N(C)CCc3ccncc3)nc(C)n2)cc1. The highest BCUT2D eigenvalue weighted by molar-refractivity contribution is 5.62. The first-order valence-electron chi connectivity index (χ1n) is 10.2. The molecule has 3 aromatic rings. The summed E-state index contributed by atoms with van der Waals surface area (Å²) in [5.74, 6) is 2.47. The van der Waals surface area contributed by atoms with Gasteiger partial charge in [0.15, 0.2) is 0 Å². The molecule has 0 amide bonds. The molecule has 0 saturated carbocycles. The predicted molar refractivity (Wildman–Crippen MR) is 121 cm³/mol. The molecule has 6 nitrogen and oxygen atoms in total. The van der Waals surface area contributed by atoms with Crippen molar-refractivity contribution in [1.82, 2.24) is 15.0 Å². The molecule has 152 valence electrons. The number of benzene rings is 1. The lowest BCUT2D eigenvalue weighted by Crippen LogP contribution is -2.22. The summed E-state index contributed by atoms with van der Waals surface area (Å²) in [5.41, 5.74) is 3.52. The van der Waals surface area contributed by atoms with Gasteiger partial charge in [0.25, 0.3) is 0 Å². The second kappa shape index (κ2) is 9.87. The van der Waals surface area contributed by atoms with Crippen LogP contribution >= 0.6 is 0 Å². The van der Waals surface area contributed by atoms with Crippen LogP contribution in [0.25, 0.3) is 0 Å². The fourth-order valence-electron chi connectivity index (χ4n) is 3.26. The Balaban J connectivity index is 1.68. The van der Waals surface area contributed by atoms with Crippen molar-refractivity contribution in [3.8, 4) is 0 Å². The molecule has 0 atom stereocenters. The zero-order valence-electron chi connectivity index (χ0n) is 17.8. The molecule has 2 aromatic heterocycles. The van der Waals surface area contributed by atoms with E-state index in [1.807, 2.05) is 37.5 Å². The predicted octanol–water partition coefficient (Wildman–Crippen LogP) is 4.45. The lowest BCUT2D eigenvalue weighted by molar-refractivity contribution is 0.848. The number of rotatable bonds is 9. The van der Waals surface area contributed by atoms with Crippen molar-refractivity contribution in [2.45, 2.75) is 27.2 Å². The van der Waals surface area contributed by atoms with Crippen LogP contribution in [0.3, 0.4) is 0 Å². The molecule has 6 heteroatoms. The number of anilines is 4. The van der Waals surface area contributed by atoms with Crippen LogP contribution in [0.1, 0.15) is 25.2 Å². The van der Waals surface area contributed by atoms with Crippen molar-refractivity contribution >= 4 is 23.0 Å². The Morgan fingerprint density at radius 3 is 2.28 bits per heavy atom. The molecular weight excluding hydrogens is 360 g/mol. The normalized spacial score (nSPS) is 10.6. The molecule has 3 rings (SSSR count). The first kappa shape index (κ1) is 20.6. The van der Waals surface area contributed by atoms with Gasteiger partial charge in [-0.05, 0) is 69.2 Å². The number of pyridine rings is 1. The maximum atomic E-state index is 4.60. The van der Waals surface area contributed by atoms with Crippen LogP contribution in [0.5, 0.6) is 0 Å². The Morgan fingerprint density at radius 2 is 1.62 bits per heavy atom.